The van der Waals surface area contributed by atoms with Gasteiger partial charge >= 0.3 is 0 Å². The van der Waals surface area contributed by atoms with Crippen LogP contribution in [0.5, 0.6) is 0 Å². The number of hydrogen-bond acceptors (Lipinski definition) is 5. The molecule has 116 valence electrons. The maximum atomic E-state index is 13.2. The van der Waals surface area contributed by atoms with Crippen molar-refractivity contribution in [2.75, 3.05) is 10.6 Å². The third-order valence-corrected chi connectivity index (χ3v) is 3.06. The molecule has 3 aromatic rings. The summed E-state index contributed by atoms with van der Waals surface area (Å²) in [5, 5.41) is 13.5. The average Bonchev–Trinajstić information content (AvgIpc) is 2.54. The molecular formula is C16H13F2N5. The number of hydrogen-bond donors (Lipinski definition) is 2. The van der Waals surface area contributed by atoms with Crippen LogP contribution in [-0.4, -0.2) is 15.2 Å². The lowest BCUT2D eigenvalue weighted by atomic mass is 10.2. The standard InChI is InChI=1S/C16H13F2N5/c1-10-2-4-11(5-3-10)20-15-9-19-23-16(22-15)21-12-6-7-13(17)14(18)8-12/h2-9H,1H3,(H2,20,21,22,23). The fourth-order valence-electron chi connectivity index (χ4n) is 1.90. The maximum absolute atomic E-state index is 13.2. The van der Waals surface area contributed by atoms with Gasteiger partial charge in [0.2, 0.25) is 5.95 Å². The van der Waals surface area contributed by atoms with Crippen molar-refractivity contribution < 1.29 is 8.78 Å². The molecule has 0 saturated carbocycles. The molecule has 0 atom stereocenters. The van der Waals surface area contributed by atoms with Crippen LogP contribution in [0.15, 0.2) is 48.7 Å². The molecule has 5 nitrogen and oxygen atoms in total. The molecule has 23 heavy (non-hydrogen) atoms. The zero-order valence-electron chi connectivity index (χ0n) is 12.2. The molecule has 0 radical (unpaired) electrons. The van der Waals surface area contributed by atoms with Crippen LogP contribution in [0.25, 0.3) is 0 Å². The van der Waals surface area contributed by atoms with Crippen molar-refractivity contribution in [2.45, 2.75) is 6.92 Å². The van der Waals surface area contributed by atoms with E-state index in [9.17, 15) is 8.78 Å². The zero-order chi connectivity index (χ0) is 16.2. The smallest absolute Gasteiger partial charge is 0.249 e. The minimum absolute atomic E-state index is 0.174. The van der Waals surface area contributed by atoms with E-state index in [0.717, 1.165) is 23.4 Å². The Hall–Kier alpha value is -3.09. The van der Waals surface area contributed by atoms with Crippen LogP contribution < -0.4 is 10.6 Å². The van der Waals surface area contributed by atoms with Crippen LogP contribution in [0.4, 0.5) is 31.9 Å². The first-order valence-corrected chi connectivity index (χ1v) is 6.86. The number of nitrogens with one attached hydrogen (secondary N) is 2. The molecule has 2 N–H and O–H groups in total. The summed E-state index contributed by atoms with van der Waals surface area (Å²) in [6, 6.07) is 11.2. The third kappa shape index (κ3) is 3.76. The van der Waals surface area contributed by atoms with E-state index in [4.69, 9.17) is 0 Å². The van der Waals surface area contributed by atoms with E-state index in [-0.39, 0.29) is 5.95 Å². The van der Waals surface area contributed by atoms with Crippen molar-refractivity contribution in [3.8, 4) is 0 Å². The fourth-order valence-corrected chi connectivity index (χ4v) is 1.90. The summed E-state index contributed by atoms with van der Waals surface area (Å²) in [6.07, 6.45) is 1.47. The first-order chi connectivity index (χ1) is 11.1. The van der Waals surface area contributed by atoms with Crippen molar-refractivity contribution in [2.24, 2.45) is 0 Å². The van der Waals surface area contributed by atoms with Gasteiger partial charge in [-0.25, -0.2) is 8.78 Å². The van der Waals surface area contributed by atoms with Crippen LogP contribution in [0.2, 0.25) is 0 Å². The Kier molecular flexibility index (Phi) is 4.09. The molecule has 0 aliphatic heterocycles. The first kappa shape index (κ1) is 14.8. The van der Waals surface area contributed by atoms with Crippen LogP contribution in [0.1, 0.15) is 5.56 Å². The van der Waals surface area contributed by atoms with Crippen molar-refractivity contribution in [1.29, 1.82) is 0 Å². The number of benzene rings is 2. The summed E-state index contributed by atoms with van der Waals surface area (Å²) in [7, 11) is 0. The summed E-state index contributed by atoms with van der Waals surface area (Å²) >= 11 is 0. The average molecular weight is 313 g/mol. The summed E-state index contributed by atoms with van der Waals surface area (Å²) < 4.78 is 26.1. The van der Waals surface area contributed by atoms with Crippen molar-refractivity contribution in [3.05, 3.63) is 65.9 Å². The minimum atomic E-state index is -0.947. The maximum Gasteiger partial charge on any atom is 0.249 e. The second-order valence-corrected chi connectivity index (χ2v) is 4.91. The quantitative estimate of drug-likeness (QED) is 0.764. The largest absolute Gasteiger partial charge is 0.339 e. The van der Waals surface area contributed by atoms with Gasteiger partial charge in [0.1, 0.15) is 0 Å². The van der Waals surface area contributed by atoms with Crippen LogP contribution in [-0.2, 0) is 0 Å². The predicted molar refractivity (Wildman–Crippen MR) is 83.9 cm³/mol. The topological polar surface area (TPSA) is 62.7 Å². The summed E-state index contributed by atoms with van der Waals surface area (Å²) in [4.78, 5) is 4.23. The molecule has 0 spiro atoms. The van der Waals surface area contributed by atoms with Gasteiger partial charge in [0.25, 0.3) is 0 Å². The molecule has 0 amide bonds. The van der Waals surface area contributed by atoms with Crippen molar-refractivity contribution in [1.82, 2.24) is 15.2 Å². The highest BCUT2D eigenvalue weighted by Crippen LogP contribution is 2.18. The predicted octanol–water partition coefficient (Wildman–Crippen LogP) is 3.95. The van der Waals surface area contributed by atoms with Gasteiger partial charge in [0, 0.05) is 17.4 Å². The minimum Gasteiger partial charge on any atom is -0.339 e. The van der Waals surface area contributed by atoms with E-state index < -0.39 is 11.6 Å². The monoisotopic (exact) mass is 313 g/mol. The van der Waals surface area contributed by atoms with Crippen molar-refractivity contribution in [3.63, 3.8) is 0 Å². The highest BCUT2D eigenvalue weighted by atomic mass is 19.2. The Morgan fingerprint density at radius 2 is 1.61 bits per heavy atom. The van der Waals surface area contributed by atoms with E-state index in [1.807, 2.05) is 31.2 Å². The summed E-state index contributed by atoms with van der Waals surface area (Å²) in [5.74, 6) is -1.21. The van der Waals surface area contributed by atoms with Crippen LogP contribution in [0, 0.1) is 18.6 Å². The lowest BCUT2D eigenvalue weighted by Crippen LogP contribution is -2.02. The van der Waals surface area contributed by atoms with Gasteiger partial charge in [0.15, 0.2) is 17.5 Å². The Morgan fingerprint density at radius 1 is 0.870 bits per heavy atom. The van der Waals surface area contributed by atoms with E-state index in [1.165, 1.54) is 12.3 Å². The molecule has 0 aliphatic carbocycles. The fraction of sp³-hybridized carbons (Fsp3) is 0.0625. The molecule has 3 rings (SSSR count). The van der Waals surface area contributed by atoms with Gasteiger partial charge < -0.3 is 10.6 Å². The second-order valence-electron chi connectivity index (χ2n) is 4.91. The zero-order valence-corrected chi connectivity index (χ0v) is 12.2. The first-order valence-electron chi connectivity index (χ1n) is 6.86. The molecule has 2 aromatic carbocycles. The number of aryl methyl sites for hydroxylation is 1. The van der Waals surface area contributed by atoms with Crippen LogP contribution in [0.3, 0.4) is 0 Å². The normalized spacial score (nSPS) is 10.4. The number of rotatable bonds is 4. The lowest BCUT2D eigenvalue weighted by molar-refractivity contribution is 0.509. The van der Waals surface area contributed by atoms with Gasteiger partial charge in [-0.3, -0.25) is 0 Å². The van der Waals surface area contributed by atoms with Gasteiger partial charge in [-0.2, -0.15) is 10.1 Å². The highest BCUT2D eigenvalue weighted by molar-refractivity contribution is 5.58. The molecule has 0 aliphatic rings. The van der Waals surface area contributed by atoms with E-state index >= 15 is 0 Å². The van der Waals surface area contributed by atoms with Gasteiger partial charge in [-0.15, -0.1) is 5.10 Å². The highest BCUT2D eigenvalue weighted by Gasteiger charge is 2.05. The molecule has 0 bridgehead atoms. The Balaban J connectivity index is 1.76. The molecule has 7 heteroatoms. The number of aromatic nitrogens is 3. The van der Waals surface area contributed by atoms with Crippen molar-refractivity contribution >= 4 is 23.1 Å². The molecule has 1 aromatic heterocycles. The lowest BCUT2D eigenvalue weighted by Gasteiger charge is -2.08. The van der Waals surface area contributed by atoms with Gasteiger partial charge in [-0.05, 0) is 31.2 Å². The number of halogens is 2. The van der Waals surface area contributed by atoms with Gasteiger partial charge in [-0.1, -0.05) is 17.7 Å². The molecular weight excluding hydrogens is 300 g/mol. The number of anilines is 4. The van der Waals surface area contributed by atoms with E-state index in [1.54, 1.807) is 0 Å². The Morgan fingerprint density at radius 3 is 2.35 bits per heavy atom. The van der Waals surface area contributed by atoms with Crippen LogP contribution >= 0.6 is 0 Å². The van der Waals surface area contributed by atoms with Gasteiger partial charge in [0.05, 0.1) is 6.20 Å². The van der Waals surface area contributed by atoms with E-state index in [2.05, 4.69) is 25.8 Å². The Bertz CT molecular complexity index is 821. The summed E-state index contributed by atoms with van der Waals surface area (Å²) in [5.41, 5.74) is 2.34. The summed E-state index contributed by atoms with van der Waals surface area (Å²) in [6.45, 7) is 2.00. The van der Waals surface area contributed by atoms with E-state index in [0.29, 0.717) is 11.5 Å². The second kappa shape index (κ2) is 6.35. The molecule has 0 fully saturated rings. The molecule has 0 saturated heterocycles. The SMILES string of the molecule is Cc1ccc(Nc2cnnc(Nc3ccc(F)c(F)c3)n2)cc1. The Labute approximate surface area is 131 Å². The molecule has 0 unspecified atom stereocenters. The third-order valence-electron chi connectivity index (χ3n) is 3.06. The number of nitrogens with zero attached hydrogens (tertiary/aromatic N) is 3. The molecule has 1 heterocycles.